The molecule has 5 atom stereocenters. The number of anilines is 2. The SMILES string of the molecule is C[C@H]1[C@H]([Si](C)(C)F)[C@@H](CC(=O)N2CCC[C@H]2CO)O[C@H]1CCc1cccc(N2C(=O)c3ccccc3Oc3ccccc32)c1. The van der Waals surface area contributed by atoms with Crippen molar-refractivity contribution >= 4 is 31.6 Å². The van der Waals surface area contributed by atoms with Crippen molar-refractivity contribution < 1.29 is 28.3 Å². The van der Waals surface area contributed by atoms with Crippen LogP contribution in [0.15, 0.2) is 72.8 Å². The molecular formula is C35H41FN2O5Si. The Morgan fingerprint density at radius 1 is 1.02 bits per heavy atom. The smallest absolute Gasteiger partial charge is 0.266 e. The Labute approximate surface area is 259 Å². The predicted octanol–water partition coefficient (Wildman–Crippen LogP) is 7.03. The molecule has 1 N–H and O–H groups in total. The Balaban J connectivity index is 1.20. The van der Waals surface area contributed by atoms with Gasteiger partial charge in [-0.25, -0.2) is 0 Å². The van der Waals surface area contributed by atoms with Crippen LogP contribution in [-0.4, -0.2) is 61.6 Å². The van der Waals surface area contributed by atoms with Crippen molar-refractivity contribution in [1.82, 2.24) is 4.90 Å². The molecule has 2 fully saturated rings. The number of aliphatic hydroxyl groups is 1. The number of aryl methyl sites for hydroxylation is 1. The predicted molar refractivity (Wildman–Crippen MR) is 171 cm³/mol. The number of hydrogen-bond donors (Lipinski definition) is 1. The Kier molecular flexibility index (Phi) is 8.63. The summed E-state index contributed by atoms with van der Waals surface area (Å²) in [5, 5.41) is 9.71. The van der Waals surface area contributed by atoms with Crippen molar-refractivity contribution in [1.29, 1.82) is 0 Å². The fourth-order valence-corrected chi connectivity index (χ4v) is 9.99. The number of hydrogen-bond acceptors (Lipinski definition) is 5. The number of rotatable bonds is 8. The summed E-state index contributed by atoms with van der Waals surface area (Å²) in [4.78, 5) is 30.5. The van der Waals surface area contributed by atoms with E-state index in [2.05, 4.69) is 6.92 Å². The largest absolute Gasteiger partial charge is 0.454 e. The minimum absolute atomic E-state index is 0.0254. The molecule has 0 unspecified atom stereocenters. The van der Waals surface area contributed by atoms with Crippen LogP contribution in [0.5, 0.6) is 11.5 Å². The number of para-hydroxylation sites is 3. The summed E-state index contributed by atoms with van der Waals surface area (Å²) in [6.07, 6.45) is 2.53. The number of fused-ring (bicyclic) bond motifs is 2. The molecule has 2 saturated heterocycles. The molecular weight excluding hydrogens is 575 g/mol. The molecule has 3 heterocycles. The van der Waals surface area contributed by atoms with Crippen molar-refractivity contribution in [3.63, 3.8) is 0 Å². The molecule has 3 aliphatic rings. The van der Waals surface area contributed by atoms with Gasteiger partial charge in [-0.05, 0) is 86.7 Å². The summed E-state index contributed by atoms with van der Waals surface area (Å²) in [6, 6.07) is 22.6. The van der Waals surface area contributed by atoms with E-state index in [4.69, 9.17) is 9.47 Å². The van der Waals surface area contributed by atoms with Gasteiger partial charge < -0.3 is 23.6 Å². The average Bonchev–Trinajstić information content (AvgIpc) is 3.58. The Morgan fingerprint density at radius 3 is 2.55 bits per heavy atom. The Morgan fingerprint density at radius 2 is 1.77 bits per heavy atom. The van der Waals surface area contributed by atoms with Crippen molar-refractivity contribution in [2.75, 3.05) is 18.1 Å². The third kappa shape index (κ3) is 5.92. The molecule has 0 saturated carbocycles. The third-order valence-corrected chi connectivity index (χ3v) is 12.0. The van der Waals surface area contributed by atoms with E-state index in [1.807, 2.05) is 60.7 Å². The lowest BCUT2D eigenvalue weighted by Crippen LogP contribution is -2.42. The van der Waals surface area contributed by atoms with E-state index in [1.165, 1.54) is 0 Å². The minimum Gasteiger partial charge on any atom is -0.454 e. The maximum atomic E-state index is 15.7. The van der Waals surface area contributed by atoms with Gasteiger partial charge in [0.15, 0.2) is 5.75 Å². The molecule has 6 rings (SSSR count). The number of nitrogens with zero attached hydrogens (tertiary/aromatic N) is 2. The highest BCUT2D eigenvalue weighted by atomic mass is 28.4. The summed E-state index contributed by atoms with van der Waals surface area (Å²) >= 11 is 0. The first kappa shape index (κ1) is 30.5. The van der Waals surface area contributed by atoms with Gasteiger partial charge in [-0.1, -0.05) is 43.3 Å². The van der Waals surface area contributed by atoms with Crippen LogP contribution in [0.25, 0.3) is 0 Å². The number of amides is 2. The van der Waals surface area contributed by atoms with Gasteiger partial charge in [0.05, 0.1) is 42.5 Å². The molecule has 3 aromatic carbocycles. The van der Waals surface area contributed by atoms with Crippen LogP contribution in [0.4, 0.5) is 15.5 Å². The number of carbonyl (C=O) groups excluding carboxylic acids is 2. The highest BCUT2D eigenvalue weighted by Gasteiger charge is 2.52. The fraction of sp³-hybridized carbons (Fsp3) is 0.429. The first-order chi connectivity index (χ1) is 21.2. The highest BCUT2D eigenvalue weighted by molar-refractivity contribution is 6.72. The van der Waals surface area contributed by atoms with Crippen molar-refractivity contribution in [3.8, 4) is 11.5 Å². The molecule has 0 aliphatic carbocycles. The van der Waals surface area contributed by atoms with E-state index < -0.39 is 14.5 Å². The molecule has 0 spiro atoms. The van der Waals surface area contributed by atoms with E-state index in [1.54, 1.807) is 35.0 Å². The van der Waals surface area contributed by atoms with Gasteiger partial charge >= 0.3 is 0 Å². The molecule has 0 radical (unpaired) electrons. The normalized spacial score (nSPS) is 24.9. The molecule has 232 valence electrons. The van der Waals surface area contributed by atoms with Crippen LogP contribution in [-0.2, 0) is 16.0 Å². The Hall–Kier alpha value is -3.53. The fourth-order valence-electron chi connectivity index (χ4n) is 7.44. The molecule has 44 heavy (non-hydrogen) atoms. The lowest BCUT2D eigenvalue weighted by Gasteiger charge is -2.30. The van der Waals surface area contributed by atoms with E-state index >= 15 is 4.11 Å². The van der Waals surface area contributed by atoms with Gasteiger partial charge in [0.2, 0.25) is 14.3 Å². The number of aliphatic hydroxyl groups excluding tert-OH is 1. The summed E-state index contributed by atoms with van der Waals surface area (Å²) in [5.74, 6) is 0.885. The molecule has 3 aliphatic heterocycles. The maximum Gasteiger partial charge on any atom is 0.266 e. The number of likely N-dealkylation sites (tertiary alicyclic amines) is 1. The number of ether oxygens (including phenoxy) is 2. The first-order valence-electron chi connectivity index (χ1n) is 15.7. The molecule has 0 aromatic heterocycles. The molecule has 7 nitrogen and oxygen atoms in total. The monoisotopic (exact) mass is 616 g/mol. The molecule has 9 heteroatoms. The zero-order valence-electron chi connectivity index (χ0n) is 25.6. The summed E-state index contributed by atoms with van der Waals surface area (Å²) in [7, 11) is -3.14. The lowest BCUT2D eigenvalue weighted by molar-refractivity contribution is -0.135. The van der Waals surface area contributed by atoms with E-state index in [-0.39, 0.29) is 48.4 Å². The van der Waals surface area contributed by atoms with Gasteiger partial charge in [-0.15, -0.1) is 0 Å². The van der Waals surface area contributed by atoms with Crippen LogP contribution in [0.3, 0.4) is 0 Å². The van der Waals surface area contributed by atoms with Crippen LogP contribution < -0.4 is 9.64 Å². The number of carbonyl (C=O) groups is 2. The third-order valence-electron chi connectivity index (χ3n) is 9.51. The van der Waals surface area contributed by atoms with Crippen LogP contribution in [0, 0.1) is 5.92 Å². The van der Waals surface area contributed by atoms with E-state index in [0.717, 1.165) is 24.1 Å². The highest BCUT2D eigenvalue weighted by Crippen LogP contribution is 2.47. The molecule has 2 amide bonds. The average molecular weight is 617 g/mol. The topological polar surface area (TPSA) is 79.3 Å². The van der Waals surface area contributed by atoms with Crippen molar-refractivity contribution in [2.24, 2.45) is 5.92 Å². The maximum absolute atomic E-state index is 15.7. The van der Waals surface area contributed by atoms with Crippen LogP contribution in [0.1, 0.15) is 48.5 Å². The van der Waals surface area contributed by atoms with Gasteiger partial charge in [0, 0.05) is 17.8 Å². The second-order valence-electron chi connectivity index (χ2n) is 12.8. The second-order valence-corrected chi connectivity index (χ2v) is 16.6. The van der Waals surface area contributed by atoms with Gasteiger partial charge in [-0.2, -0.15) is 0 Å². The zero-order valence-corrected chi connectivity index (χ0v) is 26.6. The first-order valence-corrected chi connectivity index (χ1v) is 18.6. The van der Waals surface area contributed by atoms with Gasteiger partial charge in [-0.3, -0.25) is 14.5 Å². The standard InChI is InChI=1S/C35H41FN2O5Si/c1-23-29(42-32(34(23)44(2,3)36)21-33(40)37-19-9-12-26(37)22-39)18-17-24-10-8-11-25(20-24)38-28-14-5-7-16-31(28)43-30-15-6-4-13-27(30)35(38)41/h4-8,10-11,13-16,20,23,26,29,32,34,39H,9,12,17-19,21-22H2,1-3H3/t23-,26+,29+,32-,34+/m1/s1. The second kappa shape index (κ2) is 12.5. The van der Waals surface area contributed by atoms with Gasteiger partial charge in [0.25, 0.3) is 5.91 Å². The molecule has 0 bridgehead atoms. The number of halogens is 1. The van der Waals surface area contributed by atoms with E-state index in [9.17, 15) is 14.7 Å². The lowest BCUT2D eigenvalue weighted by atomic mass is 9.95. The summed E-state index contributed by atoms with van der Waals surface area (Å²) in [6.45, 7) is 6.07. The Bertz CT molecular complexity index is 1530. The van der Waals surface area contributed by atoms with Crippen molar-refractivity contribution in [3.05, 3.63) is 83.9 Å². The molecule has 3 aromatic rings. The van der Waals surface area contributed by atoms with Crippen LogP contribution in [0.2, 0.25) is 18.6 Å². The van der Waals surface area contributed by atoms with Crippen molar-refractivity contribution in [2.45, 2.75) is 75.9 Å². The summed E-state index contributed by atoms with van der Waals surface area (Å²) in [5.41, 5.74) is 2.65. The summed E-state index contributed by atoms with van der Waals surface area (Å²) < 4.78 is 28.4. The number of benzene rings is 3. The zero-order chi connectivity index (χ0) is 31.0. The van der Waals surface area contributed by atoms with E-state index in [0.29, 0.717) is 42.1 Å². The minimum atomic E-state index is -3.14. The van der Waals surface area contributed by atoms with Gasteiger partial charge in [0.1, 0.15) is 5.75 Å². The quantitative estimate of drug-likeness (QED) is 0.217. The van der Waals surface area contributed by atoms with Crippen LogP contribution >= 0.6 is 0 Å².